The zero-order chi connectivity index (χ0) is 27.9. The Morgan fingerprint density at radius 2 is 1.72 bits per heavy atom. The number of carbonyl (C=O) groups is 2. The number of likely N-dealkylation sites (N-methyl/N-ethyl adjacent to an activating group) is 1. The van der Waals surface area contributed by atoms with Gasteiger partial charge in [-0.05, 0) is 37.6 Å². The molecule has 2 amide bonds. The number of carbonyl (C=O) groups excluding carboxylic acids is 2. The second kappa shape index (κ2) is 10.2. The van der Waals surface area contributed by atoms with Gasteiger partial charge in [0, 0.05) is 44.5 Å². The van der Waals surface area contributed by atoms with E-state index in [2.05, 4.69) is 9.74 Å². The first-order valence-corrected chi connectivity index (χ1v) is 14.5. The summed E-state index contributed by atoms with van der Waals surface area (Å²) < 4.78 is 58.2. The zero-order valence-corrected chi connectivity index (χ0v) is 22.3. The molecule has 0 atom stereocenters. The smallest absolute Gasteiger partial charge is 0.259 e. The number of hydrogen-bond acceptors (Lipinski definition) is 6. The Balaban J connectivity index is 1.18. The molecule has 2 aromatic rings. The molecule has 3 heterocycles. The van der Waals surface area contributed by atoms with Gasteiger partial charge in [-0.3, -0.25) is 14.5 Å². The summed E-state index contributed by atoms with van der Waals surface area (Å²) in [6.07, 6.45) is 1.17. The van der Waals surface area contributed by atoms with Crippen LogP contribution in [0.25, 0.3) is 4.85 Å². The molecule has 39 heavy (non-hydrogen) atoms. The van der Waals surface area contributed by atoms with Gasteiger partial charge in [0.05, 0.1) is 23.5 Å². The number of benzene rings is 2. The molecule has 3 aliphatic heterocycles. The predicted molar refractivity (Wildman–Crippen MR) is 140 cm³/mol. The maximum Gasteiger partial charge on any atom is 0.259 e. The number of piperidine rings is 1. The lowest BCUT2D eigenvalue weighted by molar-refractivity contribution is -0.124. The molecule has 206 valence electrons. The van der Waals surface area contributed by atoms with E-state index in [1.807, 2.05) is 12.1 Å². The second-order valence-corrected chi connectivity index (χ2v) is 12.5. The number of sulfone groups is 1. The molecule has 2 aromatic carbocycles. The van der Waals surface area contributed by atoms with Crippen LogP contribution < -0.4 is 9.64 Å². The lowest BCUT2D eigenvalue weighted by Crippen LogP contribution is -2.48. The first kappa shape index (κ1) is 27.0. The highest BCUT2D eigenvalue weighted by atomic mass is 32.2. The molecule has 2 saturated heterocycles. The Labute approximate surface area is 225 Å². The van der Waals surface area contributed by atoms with Crippen LogP contribution in [0.2, 0.25) is 0 Å². The number of anilines is 1. The number of likely N-dealkylation sites (tertiary alicyclic amines) is 1. The molecule has 12 heteroatoms. The number of nitrogens with zero attached hydrogens (tertiary/aromatic N) is 4. The predicted octanol–water partition coefficient (Wildman–Crippen LogP) is 2.78. The van der Waals surface area contributed by atoms with Crippen molar-refractivity contribution in [2.45, 2.75) is 18.3 Å². The largest absolute Gasteiger partial charge is 0.492 e. The standard InChI is InChI=1S/C27H28F2N4O5S/c1-30-18-3-4-23-20(15-18)27(26(35)31(23)2)5-7-32(8-6-27)9-12-38-19-16-21(28)24(22(29)17-19)25(34)33-10-13-39(36,37)14-11-33/h3-4,15-17H,5-14H2,2H3. The van der Waals surface area contributed by atoms with Crippen molar-refractivity contribution in [1.82, 2.24) is 9.80 Å². The summed E-state index contributed by atoms with van der Waals surface area (Å²) in [7, 11) is -1.49. The summed E-state index contributed by atoms with van der Waals surface area (Å²) in [5, 5.41) is 0. The highest BCUT2D eigenvalue weighted by molar-refractivity contribution is 7.91. The maximum absolute atomic E-state index is 14.7. The lowest BCUT2D eigenvalue weighted by atomic mass is 9.73. The fourth-order valence-corrected chi connectivity index (χ4v) is 6.86. The second-order valence-electron chi connectivity index (χ2n) is 10.2. The summed E-state index contributed by atoms with van der Waals surface area (Å²) in [4.78, 5) is 34.2. The number of rotatable bonds is 5. The fourth-order valence-electron chi connectivity index (χ4n) is 5.66. The van der Waals surface area contributed by atoms with E-state index in [0.717, 1.165) is 28.3 Å². The highest BCUT2D eigenvalue weighted by Crippen LogP contribution is 2.48. The Bertz CT molecular complexity index is 1440. The van der Waals surface area contributed by atoms with Crippen LogP contribution in [0.15, 0.2) is 30.3 Å². The minimum Gasteiger partial charge on any atom is -0.492 e. The van der Waals surface area contributed by atoms with Crippen LogP contribution in [-0.4, -0.2) is 87.9 Å². The van der Waals surface area contributed by atoms with Gasteiger partial charge in [0.25, 0.3) is 5.91 Å². The van der Waals surface area contributed by atoms with Gasteiger partial charge in [-0.2, -0.15) is 0 Å². The van der Waals surface area contributed by atoms with Crippen LogP contribution in [0, 0.1) is 18.2 Å². The van der Waals surface area contributed by atoms with E-state index < -0.39 is 38.4 Å². The number of fused-ring (bicyclic) bond motifs is 2. The van der Waals surface area contributed by atoms with Gasteiger partial charge in [-0.25, -0.2) is 22.0 Å². The third-order valence-corrected chi connectivity index (χ3v) is 9.56. The first-order chi connectivity index (χ1) is 18.5. The van der Waals surface area contributed by atoms with Gasteiger partial charge >= 0.3 is 0 Å². The van der Waals surface area contributed by atoms with E-state index in [1.165, 1.54) is 0 Å². The van der Waals surface area contributed by atoms with Crippen LogP contribution in [-0.2, 0) is 20.0 Å². The van der Waals surface area contributed by atoms with E-state index in [4.69, 9.17) is 11.3 Å². The van der Waals surface area contributed by atoms with Crippen LogP contribution in [0.5, 0.6) is 5.75 Å². The molecule has 0 N–H and O–H groups in total. The molecule has 2 fully saturated rings. The van der Waals surface area contributed by atoms with Crippen molar-refractivity contribution in [2.75, 3.05) is 62.8 Å². The van der Waals surface area contributed by atoms with E-state index in [-0.39, 0.29) is 42.9 Å². The average Bonchev–Trinajstić information content (AvgIpc) is 3.10. The zero-order valence-electron chi connectivity index (χ0n) is 21.5. The highest BCUT2D eigenvalue weighted by Gasteiger charge is 2.50. The summed E-state index contributed by atoms with van der Waals surface area (Å²) in [6, 6.07) is 7.27. The van der Waals surface area contributed by atoms with Crippen LogP contribution >= 0.6 is 0 Å². The maximum atomic E-state index is 14.7. The fraction of sp³-hybridized carbons (Fsp3) is 0.444. The molecule has 0 saturated carbocycles. The van der Waals surface area contributed by atoms with Crippen molar-refractivity contribution in [3.8, 4) is 5.75 Å². The average molecular weight is 559 g/mol. The van der Waals surface area contributed by atoms with Crippen molar-refractivity contribution in [1.29, 1.82) is 0 Å². The summed E-state index contributed by atoms with van der Waals surface area (Å²) in [5.41, 5.74) is 0.848. The van der Waals surface area contributed by atoms with Crippen LogP contribution in [0.1, 0.15) is 28.8 Å². The van der Waals surface area contributed by atoms with E-state index >= 15 is 0 Å². The minimum absolute atomic E-state index is 0.0299. The molecule has 0 radical (unpaired) electrons. The van der Waals surface area contributed by atoms with Gasteiger partial charge in [0.2, 0.25) is 5.91 Å². The van der Waals surface area contributed by atoms with Crippen molar-refractivity contribution < 1.29 is 31.5 Å². The normalized spacial score (nSPS) is 20.1. The van der Waals surface area contributed by atoms with Crippen LogP contribution in [0.3, 0.4) is 0 Å². The van der Waals surface area contributed by atoms with Gasteiger partial charge in [-0.1, -0.05) is 12.1 Å². The Hall–Kier alpha value is -3.56. The van der Waals surface area contributed by atoms with Crippen molar-refractivity contribution in [3.05, 3.63) is 64.5 Å². The first-order valence-electron chi connectivity index (χ1n) is 12.7. The van der Waals surface area contributed by atoms with E-state index in [9.17, 15) is 26.8 Å². The van der Waals surface area contributed by atoms with Gasteiger partial charge in [0.15, 0.2) is 15.5 Å². The Kier molecular flexibility index (Phi) is 7.07. The van der Waals surface area contributed by atoms with Crippen molar-refractivity contribution >= 4 is 33.0 Å². The molecule has 9 nitrogen and oxygen atoms in total. The third kappa shape index (κ3) is 4.96. The van der Waals surface area contributed by atoms with Crippen molar-refractivity contribution in [2.24, 2.45) is 0 Å². The summed E-state index contributed by atoms with van der Waals surface area (Å²) in [6.45, 7) is 8.97. The molecular formula is C27H28F2N4O5S. The molecule has 0 aliphatic carbocycles. The molecular weight excluding hydrogens is 530 g/mol. The number of halogens is 2. The summed E-state index contributed by atoms with van der Waals surface area (Å²) in [5.74, 6) is -3.51. The molecule has 1 spiro atoms. The minimum atomic E-state index is -3.24. The van der Waals surface area contributed by atoms with E-state index in [0.29, 0.717) is 38.2 Å². The molecule has 0 unspecified atom stereocenters. The van der Waals surface area contributed by atoms with Gasteiger partial charge in [-0.15, -0.1) is 0 Å². The summed E-state index contributed by atoms with van der Waals surface area (Å²) >= 11 is 0. The lowest BCUT2D eigenvalue weighted by Gasteiger charge is -2.38. The monoisotopic (exact) mass is 558 g/mol. The molecule has 3 aliphatic rings. The molecule has 0 bridgehead atoms. The molecule has 0 aromatic heterocycles. The Morgan fingerprint density at radius 3 is 2.33 bits per heavy atom. The number of ether oxygens (including phenoxy) is 1. The number of amides is 2. The third-order valence-electron chi connectivity index (χ3n) is 7.95. The van der Waals surface area contributed by atoms with Crippen molar-refractivity contribution in [3.63, 3.8) is 0 Å². The van der Waals surface area contributed by atoms with Gasteiger partial charge in [0.1, 0.15) is 29.6 Å². The van der Waals surface area contributed by atoms with Crippen LogP contribution in [0.4, 0.5) is 20.2 Å². The Morgan fingerprint density at radius 1 is 1.08 bits per heavy atom. The SMILES string of the molecule is [C-]#[N+]c1ccc2c(c1)C1(CCN(CCOc3cc(F)c(C(=O)N4CCS(=O)(=O)CC4)c(F)c3)CC1)C(=O)N2C. The number of hydrogen-bond donors (Lipinski definition) is 0. The quantitative estimate of drug-likeness (QED) is 0.525. The van der Waals surface area contributed by atoms with Gasteiger partial charge < -0.3 is 14.5 Å². The molecule has 5 rings (SSSR count). The topological polar surface area (TPSA) is 91.6 Å². The van der Waals surface area contributed by atoms with E-state index in [1.54, 1.807) is 18.0 Å².